The number of nitriles is 1. The minimum atomic E-state index is -3.56. The molecule has 0 amide bonds. The second-order valence-electron chi connectivity index (χ2n) is 4.52. The van der Waals surface area contributed by atoms with Gasteiger partial charge in [0.15, 0.2) is 0 Å². The van der Waals surface area contributed by atoms with Gasteiger partial charge in [-0.05, 0) is 39.0 Å². The lowest BCUT2D eigenvalue weighted by atomic mass is 10.2. The normalized spacial score (nSPS) is 11.9. The van der Waals surface area contributed by atoms with Crippen molar-refractivity contribution in [1.29, 1.82) is 5.26 Å². The maximum atomic E-state index is 11.9. The number of benzene rings is 1. The highest BCUT2D eigenvalue weighted by atomic mass is 35.5. The van der Waals surface area contributed by atoms with Crippen LogP contribution in [-0.2, 0) is 10.0 Å². The fourth-order valence-corrected chi connectivity index (χ4v) is 1.93. The fraction of sp³-hybridized carbons (Fsp3) is 0.364. The third kappa shape index (κ3) is 3.11. The first kappa shape index (κ1) is 13.8. The average Bonchev–Trinajstić information content (AvgIpc) is 2.15. The van der Waals surface area contributed by atoms with Crippen molar-refractivity contribution in [3.05, 3.63) is 28.8 Å². The highest BCUT2D eigenvalue weighted by Crippen LogP contribution is 2.25. The summed E-state index contributed by atoms with van der Waals surface area (Å²) in [5.41, 5.74) is 0.442. The van der Waals surface area contributed by atoms with Crippen LogP contribution >= 0.6 is 11.6 Å². The highest BCUT2D eigenvalue weighted by Gasteiger charge is 2.29. The Morgan fingerprint density at radius 1 is 1.35 bits per heavy atom. The quantitative estimate of drug-likeness (QED) is 0.900. The second kappa shape index (κ2) is 4.55. The highest BCUT2D eigenvalue weighted by molar-refractivity contribution is 7.94. The molecule has 0 spiro atoms. The van der Waals surface area contributed by atoms with E-state index in [2.05, 4.69) is 4.72 Å². The van der Waals surface area contributed by atoms with E-state index in [1.54, 1.807) is 20.8 Å². The van der Waals surface area contributed by atoms with Crippen LogP contribution in [0.3, 0.4) is 0 Å². The molecule has 0 radical (unpaired) electrons. The van der Waals surface area contributed by atoms with Gasteiger partial charge in [-0.2, -0.15) is 5.26 Å². The Labute approximate surface area is 106 Å². The lowest BCUT2D eigenvalue weighted by Crippen LogP contribution is -2.33. The zero-order valence-electron chi connectivity index (χ0n) is 9.78. The fourth-order valence-electron chi connectivity index (χ4n) is 0.996. The molecule has 0 atom stereocenters. The smallest absolute Gasteiger partial charge is 0.237 e. The molecule has 1 N–H and O–H groups in total. The molecule has 0 unspecified atom stereocenters. The SMILES string of the molecule is CC(C)(C)S(=O)(=O)Nc1cc(Cl)ccc1C#N. The first-order chi connectivity index (χ1) is 7.67. The molecule has 6 heteroatoms. The lowest BCUT2D eigenvalue weighted by Gasteiger charge is -2.20. The Balaban J connectivity index is 3.22. The largest absolute Gasteiger partial charge is 0.282 e. The van der Waals surface area contributed by atoms with Gasteiger partial charge < -0.3 is 0 Å². The maximum absolute atomic E-state index is 11.9. The lowest BCUT2D eigenvalue weighted by molar-refractivity contribution is 0.566. The van der Waals surface area contributed by atoms with E-state index >= 15 is 0 Å². The summed E-state index contributed by atoms with van der Waals surface area (Å²) in [5.74, 6) is 0. The van der Waals surface area contributed by atoms with Crippen molar-refractivity contribution in [3.8, 4) is 6.07 Å². The van der Waals surface area contributed by atoms with Gasteiger partial charge in [0.25, 0.3) is 0 Å². The van der Waals surface area contributed by atoms with Gasteiger partial charge in [0.1, 0.15) is 6.07 Å². The first-order valence-electron chi connectivity index (χ1n) is 4.89. The summed E-state index contributed by atoms with van der Waals surface area (Å²) in [7, 11) is -3.56. The van der Waals surface area contributed by atoms with E-state index in [0.29, 0.717) is 5.02 Å². The molecular formula is C11H13ClN2O2S. The zero-order chi connectivity index (χ0) is 13.3. The number of nitrogens with one attached hydrogen (secondary N) is 1. The summed E-state index contributed by atoms with van der Waals surface area (Å²) in [6, 6.07) is 6.34. The Morgan fingerprint density at radius 2 is 1.94 bits per heavy atom. The summed E-state index contributed by atoms with van der Waals surface area (Å²) in [6.45, 7) is 4.73. The summed E-state index contributed by atoms with van der Waals surface area (Å²) in [5, 5.41) is 9.25. The van der Waals surface area contributed by atoms with Gasteiger partial charge in [-0.3, -0.25) is 4.72 Å². The van der Waals surface area contributed by atoms with Gasteiger partial charge in [0, 0.05) is 5.02 Å². The van der Waals surface area contributed by atoms with Crippen molar-refractivity contribution in [1.82, 2.24) is 0 Å². The molecule has 92 valence electrons. The van der Waals surface area contributed by atoms with Crippen molar-refractivity contribution >= 4 is 27.3 Å². The molecule has 1 rings (SSSR count). The maximum Gasteiger partial charge on any atom is 0.237 e. The molecule has 1 aromatic carbocycles. The number of sulfonamides is 1. The van der Waals surface area contributed by atoms with Crippen molar-refractivity contribution in [2.24, 2.45) is 0 Å². The molecular weight excluding hydrogens is 260 g/mol. The van der Waals surface area contributed by atoms with Gasteiger partial charge in [0.05, 0.1) is 16.0 Å². The number of halogens is 1. The van der Waals surface area contributed by atoms with E-state index in [1.807, 2.05) is 6.07 Å². The monoisotopic (exact) mass is 272 g/mol. The summed E-state index contributed by atoms with van der Waals surface area (Å²) >= 11 is 5.77. The Morgan fingerprint density at radius 3 is 2.41 bits per heavy atom. The van der Waals surface area contributed by atoms with E-state index in [9.17, 15) is 8.42 Å². The molecule has 0 saturated heterocycles. The minimum Gasteiger partial charge on any atom is -0.282 e. The van der Waals surface area contributed by atoms with Crippen LogP contribution in [0.25, 0.3) is 0 Å². The van der Waals surface area contributed by atoms with Crippen LogP contribution in [0, 0.1) is 11.3 Å². The van der Waals surface area contributed by atoms with Crippen LogP contribution in [0.1, 0.15) is 26.3 Å². The van der Waals surface area contributed by atoms with Gasteiger partial charge in [0.2, 0.25) is 10.0 Å². The number of hydrogen-bond acceptors (Lipinski definition) is 3. The van der Waals surface area contributed by atoms with E-state index in [-0.39, 0.29) is 11.3 Å². The van der Waals surface area contributed by atoms with Crippen LogP contribution in [0.15, 0.2) is 18.2 Å². The molecule has 0 bridgehead atoms. The number of anilines is 1. The van der Waals surface area contributed by atoms with Crippen molar-refractivity contribution in [2.75, 3.05) is 4.72 Å². The van der Waals surface area contributed by atoms with Gasteiger partial charge in [-0.25, -0.2) is 8.42 Å². The van der Waals surface area contributed by atoms with Gasteiger partial charge >= 0.3 is 0 Å². The van der Waals surface area contributed by atoms with E-state index in [0.717, 1.165) is 0 Å². The summed E-state index contributed by atoms with van der Waals surface area (Å²) in [6.07, 6.45) is 0. The molecule has 0 heterocycles. The van der Waals surface area contributed by atoms with Crippen LogP contribution in [0.2, 0.25) is 5.02 Å². The van der Waals surface area contributed by atoms with Crippen LogP contribution < -0.4 is 4.72 Å². The molecule has 0 aliphatic heterocycles. The van der Waals surface area contributed by atoms with E-state index in [1.165, 1.54) is 18.2 Å². The molecule has 1 aromatic rings. The number of rotatable bonds is 2. The minimum absolute atomic E-state index is 0.204. The van der Waals surface area contributed by atoms with Crippen LogP contribution in [-0.4, -0.2) is 13.2 Å². The molecule has 17 heavy (non-hydrogen) atoms. The third-order valence-electron chi connectivity index (χ3n) is 2.15. The Kier molecular flexibility index (Phi) is 3.70. The Hall–Kier alpha value is -1.25. The molecule has 0 fully saturated rings. The van der Waals surface area contributed by atoms with Crippen molar-refractivity contribution in [2.45, 2.75) is 25.5 Å². The number of nitrogens with zero attached hydrogens (tertiary/aromatic N) is 1. The average molecular weight is 273 g/mol. The summed E-state index contributed by atoms with van der Waals surface area (Å²) in [4.78, 5) is 0. The zero-order valence-corrected chi connectivity index (χ0v) is 11.4. The molecule has 0 saturated carbocycles. The predicted molar refractivity (Wildman–Crippen MR) is 68.5 cm³/mol. The standard InChI is InChI=1S/C11H13ClN2O2S/c1-11(2,3)17(15,16)14-10-6-9(12)5-4-8(10)7-13/h4-6,14H,1-3H3. The predicted octanol–water partition coefficient (Wildman–Crippen LogP) is 2.75. The molecule has 0 aromatic heterocycles. The molecule has 0 aliphatic carbocycles. The number of hydrogen-bond donors (Lipinski definition) is 1. The van der Waals surface area contributed by atoms with Crippen molar-refractivity contribution in [3.63, 3.8) is 0 Å². The first-order valence-corrected chi connectivity index (χ1v) is 6.75. The van der Waals surface area contributed by atoms with E-state index < -0.39 is 14.8 Å². The van der Waals surface area contributed by atoms with Crippen LogP contribution in [0.5, 0.6) is 0 Å². The molecule has 4 nitrogen and oxygen atoms in total. The second-order valence-corrected chi connectivity index (χ2v) is 7.39. The Bertz CT molecular complexity index is 568. The van der Waals surface area contributed by atoms with Gasteiger partial charge in [-0.1, -0.05) is 11.6 Å². The molecule has 0 aliphatic rings. The van der Waals surface area contributed by atoms with Crippen molar-refractivity contribution < 1.29 is 8.42 Å². The van der Waals surface area contributed by atoms with E-state index in [4.69, 9.17) is 16.9 Å². The summed E-state index contributed by atoms with van der Waals surface area (Å²) < 4.78 is 25.3. The third-order valence-corrected chi connectivity index (χ3v) is 4.49. The van der Waals surface area contributed by atoms with Gasteiger partial charge in [-0.15, -0.1) is 0 Å². The topological polar surface area (TPSA) is 70.0 Å². The van der Waals surface area contributed by atoms with Crippen LogP contribution in [0.4, 0.5) is 5.69 Å².